The third-order valence-corrected chi connectivity index (χ3v) is 14.5. The van der Waals surface area contributed by atoms with Crippen molar-refractivity contribution in [2.75, 3.05) is 20.3 Å². The van der Waals surface area contributed by atoms with Crippen molar-refractivity contribution >= 4 is 42.3 Å². The third kappa shape index (κ3) is 5.44. The first kappa shape index (κ1) is 30.7. The molecule has 7 nitrogen and oxygen atoms in total. The molecule has 0 spiro atoms. The number of benzene rings is 3. The van der Waals surface area contributed by atoms with Crippen LogP contribution in [0.3, 0.4) is 0 Å². The van der Waals surface area contributed by atoms with Gasteiger partial charge in [-0.1, -0.05) is 65.9 Å². The van der Waals surface area contributed by atoms with Crippen LogP contribution in [0.15, 0.2) is 66.7 Å². The minimum absolute atomic E-state index is 0.180. The van der Waals surface area contributed by atoms with Crippen LogP contribution >= 0.6 is 0 Å². The smallest absolute Gasteiger partial charge is 0.344 e. The van der Waals surface area contributed by atoms with Crippen molar-refractivity contribution < 1.29 is 33.3 Å². The fourth-order valence-electron chi connectivity index (χ4n) is 9.21. The van der Waals surface area contributed by atoms with E-state index in [4.69, 9.17) is 18.9 Å². The maximum Gasteiger partial charge on any atom is 0.344 e. The molecule has 46 heavy (non-hydrogen) atoms. The van der Waals surface area contributed by atoms with Gasteiger partial charge in [0, 0.05) is 5.56 Å². The monoisotopic (exact) mass is 638 g/mol. The van der Waals surface area contributed by atoms with Crippen molar-refractivity contribution in [3.8, 4) is 16.9 Å². The lowest BCUT2D eigenvalue weighted by atomic mass is 9.50. The Hall–Kier alpha value is -3.91. The first-order valence-electron chi connectivity index (χ1n) is 16.7. The summed E-state index contributed by atoms with van der Waals surface area (Å²) in [6, 6.07) is 23.0. The summed E-state index contributed by atoms with van der Waals surface area (Å²) in [5.41, 5.74) is 2.52. The number of carbonyl (C=O) groups is 3. The first-order chi connectivity index (χ1) is 22.3. The predicted molar refractivity (Wildman–Crippen MR) is 177 cm³/mol. The van der Waals surface area contributed by atoms with E-state index >= 15 is 0 Å². The first-order valence-corrected chi connectivity index (χ1v) is 18.4. The normalized spacial score (nSPS) is 26.2. The minimum atomic E-state index is -1.90. The number of fused-ring (bicyclic) bond motifs is 3. The van der Waals surface area contributed by atoms with Crippen molar-refractivity contribution in [1.29, 1.82) is 0 Å². The van der Waals surface area contributed by atoms with Gasteiger partial charge in [0.15, 0.2) is 6.61 Å². The Kier molecular flexibility index (Phi) is 8.26. The van der Waals surface area contributed by atoms with Crippen LogP contribution < -0.4 is 20.3 Å². The van der Waals surface area contributed by atoms with Crippen LogP contribution in [-0.4, -0.2) is 52.6 Å². The molecule has 4 fully saturated rings. The molecule has 3 aromatic carbocycles. The summed E-state index contributed by atoms with van der Waals surface area (Å²) in [5, 5.41) is 3.74. The highest BCUT2D eigenvalue weighted by atomic mass is 28.3. The Labute approximate surface area is 272 Å². The zero-order valence-electron chi connectivity index (χ0n) is 26.8. The van der Waals surface area contributed by atoms with E-state index in [0.717, 1.165) is 42.7 Å². The molecule has 0 aromatic heterocycles. The summed E-state index contributed by atoms with van der Waals surface area (Å²) in [7, 11) is -0.339. The molecular formula is C38H42O7Si. The van der Waals surface area contributed by atoms with Gasteiger partial charge in [-0.25, -0.2) is 4.79 Å². The molecule has 0 N–H and O–H groups in total. The second-order valence-corrected chi connectivity index (χ2v) is 16.5. The molecule has 240 valence electrons. The van der Waals surface area contributed by atoms with Gasteiger partial charge >= 0.3 is 17.9 Å². The second-order valence-electron chi connectivity index (χ2n) is 13.7. The van der Waals surface area contributed by atoms with Crippen molar-refractivity contribution in [3.05, 3.63) is 72.3 Å². The molecule has 8 rings (SSSR count). The Bertz CT molecular complexity index is 1590. The molecule has 4 saturated carbocycles. The Balaban J connectivity index is 1.22. The average molecular weight is 639 g/mol. The summed E-state index contributed by atoms with van der Waals surface area (Å²) >= 11 is 0. The molecule has 0 saturated heterocycles. The van der Waals surface area contributed by atoms with Gasteiger partial charge in [0.05, 0.1) is 26.1 Å². The van der Waals surface area contributed by atoms with E-state index in [1.165, 1.54) is 27.9 Å². The summed E-state index contributed by atoms with van der Waals surface area (Å²) in [5.74, 6) is -0.0722. The Morgan fingerprint density at radius 3 is 2.02 bits per heavy atom. The molecule has 1 unspecified atom stereocenters. The standard InChI is InChI=1S/C38H42O7Si/c1-4-43-36(40)22-44-37(41)31(21-35(39)45-38(2)25-16-23-15-24(18-25)19-26(38)17-23)30-20-27(13-14-32(30)42-3)46-33-11-7-5-9-28(33)29-10-6-8-12-34(29)46/h5-14,20,23-26,31,46H,4,15-19,21-22H2,1-3H3. The molecular weight excluding hydrogens is 596 g/mol. The van der Waals surface area contributed by atoms with Gasteiger partial charge in [-0.2, -0.15) is 0 Å². The van der Waals surface area contributed by atoms with Crippen LogP contribution in [0.2, 0.25) is 0 Å². The molecule has 0 radical (unpaired) electrons. The molecule has 0 amide bonds. The molecule has 1 aliphatic heterocycles. The number of hydrogen-bond acceptors (Lipinski definition) is 7. The summed E-state index contributed by atoms with van der Waals surface area (Å²) in [4.78, 5) is 39.9. The molecule has 1 atom stereocenters. The van der Waals surface area contributed by atoms with Gasteiger partial charge in [-0.15, -0.1) is 0 Å². The largest absolute Gasteiger partial charge is 0.496 e. The highest BCUT2D eigenvalue weighted by molar-refractivity contribution is 6.99. The van der Waals surface area contributed by atoms with Crippen LogP contribution in [0.4, 0.5) is 0 Å². The topological polar surface area (TPSA) is 88.1 Å². The number of hydrogen-bond donors (Lipinski definition) is 0. The summed E-state index contributed by atoms with van der Waals surface area (Å²) < 4.78 is 22.7. The second kappa shape index (κ2) is 12.4. The highest BCUT2D eigenvalue weighted by Crippen LogP contribution is 2.59. The summed E-state index contributed by atoms with van der Waals surface area (Å²) in [6.45, 7) is 3.46. The van der Waals surface area contributed by atoms with E-state index in [-0.39, 0.29) is 13.0 Å². The molecule has 4 aliphatic carbocycles. The van der Waals surface area contributed by atoms with Gasteiger partial charge in [0.1, 0.15) is 20.1 Å². The maximum atomic E-state index is 13.9. The molecule has 4 bridgehead atoms. The zero-order chi connectivity index (χ0) is 32.0. The lowest BCUT2D eigenvalue weighted by Crippen LogP contribution is -2.58. The van der Waals surface area contributed by atoms with E-state index in [9.17, 15) is 14.4 Å². The van der Waals surface area contributed by atoms with Crippen molar-refractivity contribution in [2.45, 2.75) is 63.9 Å². The lowest BCUT2D eigenvalue weighted by Gasteiger charge is -2.59. The van der Waals surface area contributed by atoms with E-state index < -0.39 is 44.8 Å². The number of carbonyl (C=O) groups excluding carboxylic acids is 3. The third-order valence-electron chi connectivity index (χ3n) is 11.2. The maximum absolute atomic E-state index is 13.9. The Morgan fingerprint density at radius 1 is 0.826 bits per heavy atom. The van der Waals surface area contributed by atoms with Crippen LogP contribution in [0, 0.1) is 23.7 Å². The van der Waals surface area contributed by atoms with Crippen molar-refractivity contribution in [2.24, 2.45) is 23.7 Å². The average Bonchev–Trinajstić information content (AvgIpc) is 3.39. The van der Waals surface area contributed by atoms with Gasteiger partial charge in [0.25, 0.3) is 0 Å². The highest BCUT2D eigenvalue weighted by Gasteiger charge is 2.57. The SMILES string of the molecule is CCOC(=O)COC(=O)C(CC(=O)OC1(C)C2CC3CC(C2)CC1C3)c1cc([SiH]2c3ccccc3-c3ccccc32)ccc1OC. The minimum Gasteiger partial charge on any atom is -0.496 e. The number of rotatable bonds is 10. The molecule has 5 aliphatic rings. The van der Waals surface area contributed by atoms with E-state index in [0.29, 0.717) is 23.1 Å². The fraction of sp³-hybridized carbons (Fsp3) is 0.447. The van der Waals surface area contributed by atoms with E-state index in [1.54, 1.807) is 14.0 Å². The van der Waals surface area contributed by atoms with Crippen LogP contribution in [0.5, 0.6) is 5.75 Å². The van der Waals surface area contributed by atoms with Gasteiger partial charge < -0.3 is 18.9 Å². The van der Waals surface area contributed by atoms with Gasteiger partial charge in [-0.3, -0.25) is 9.59 Å². The molecule has 1 heterocycles. The quantitative estimate of drug-likeness (QED) is 0.146. The van der Waals surface area contributed by atoms with E-state index in [2.05, 4.69) is 61.5 Å². The lowest BCUT2D eigenvalue weighted by molar-refractivity contribution is -0.204. The van der Waals surface area contributed by atoms with Crippen molar-refractivity contribution in [3.63, 3.8) is 0 Å². The van der Waals surface area contributed by atoms with E-state index in [1.807, 2.05) is 12.1 Å². The number of methoxy groups -OCH3 is 1. The van der Waals surface area contributed by atoms with Crippen LogP contribution in [0.25, 0.3) is 11.1 Å². The van der Waals surface area contributed by atoms with Crippen LogP contribution in [-0.2, 0) is 28.6 Å². The van der Waals surface area contributed by atoms with Gasteiger partial charge in [-0.05, 0) is 97.2 Å². The fourth-order valence-corrected chi connectivity index (χ4v) is 12.6. The number of ether oxygens (including phenoxy) is 4. The van der Waals surface area contributed by atoms with Crippen LogP contribution in [0.1, 0.15) is 63.9 Å². The van der Waals surface area contributed by atoms with Crippen molar-refractivity contribution in [1.82, 2.24) is 0 Å². The number of esters is 3. The predicted octanol–water partition coefficient (Wildman–Crippen LogP) is 4.26. The van der Waals surface area contributed by atoms with Gasteiger partial charge in [0.2, 0.25) is 0 Å². The molecule has 3 aromatic rings. The molecule has 8 heteroatoms. The summed E-state index contributed by atoms with van der Waals surface area (Å²) in [6.07, 6.45) is 5.52. The zero-order valence-corrected chi connectivity index (χ0v) is 28.0. The Morgan fingerprint density at radius 2 is 1.43 bits per heavy atom.